The van der Waals surface area contributed by atoms with E-state index in [4.69, 9.17) is 19.2 Å². The molecule has 0 aromatic carbocycles. The fourth-order valence-corrected chi connectivity index (χ4v) is 7.13. The Bertz CT molecular complexity index is 787. The molecule has 0 aromatic rings. The first kappa shape index (κ1) is 19.3. The molecule has 1 aliphatic carbocycles. The highest BCUT2D eigenvalue weighted by molar-refractivity contribution is 7.94. The van der Waals surface area contributed by atoms with Crippen LogP contribution in [0.25, 0.3) is 0 Å². The fraction of sp³-hybridized carbons (Fsp3) is 0.895. The van der Waals surface area contributed by atoms with E-state index in [1.54, 1.807) is 13.1 Å². The Kier molecular flexibility index (Phi) is 4.23. The van der Waals surface area contributed by atoms with Crippen molar-refractivity contribution in [1.29, 1.82) is 0 Å². The largest absolute Gasteiger partial charge is 0.392 e. The van der Waals surface area contributed by atoms with Crippen LogP contribution in [0.1, 0.15) is 40.0 Å². The molecule has 9 heteroatoms. The molecule has 158 valence electrons. The van der Waals surface area contributed by atoms with E-state index in [1.165, 1.54) is 5.41 Å². The maximum Gasteiger partial charge on any atom is 0.204 e. The number of sulfone groups is 1. The Hall–Kier alpha value is -0.710. The lowest BCUT2D eigenvalue weighted by Gasteiger charge is -2.61. The number of nitrogens with zero attached hydrogens (tertiary/aromatic N) is 1. The quantitative estimate of drug-likeness (QED) is 0.642. The van der Waals surface area contributed by atoms with Gasteiger partial charge in [-0.3, -0.25) is 0 Å². The molecule has 0 radical (unpaired) electrons. The molecule has 5 aliphatic heterocycles. The molecule has 3 unspecified atom stereocenters. The molecule has 28 heavy (non-hydrogen) atoms. The highest BCUT2D eigenvalue weighted by atomic mass is 32.2. The van der Waals surface area contributed by atoms with Gasteiger partial charge in [-0.2, -0.15) is 0 Å². The Balaban J connectivity index is 1.54. The molecular weight excluding hydrogens is 386 g/mol. The van der Waals surface area contributed by atoms with Gasteiger partial charge in [-0.15, -0.1) is 0 Å². The molecule has 2 bridgehead atoms. The van der Waals surface area contributed by atoms with Gasteiger partial charge in [0.05, 0.1) is 11.9 Å². The van der Waals surface area contributed by atoms with E-state index in [2.05, 4.69) is 13.8 Å². The predicted octanol–water partition coefficient (Wildman–Crippen LogP) is 1.37. The second-order valence-electron chi connectivity index (χ2n) is 9.34. The number of fused-ring (bicyclic) bond motifs is 2. The predicted molar refractivity (Wildman–Crippen MR) is 97.9 cm³/mol. The summed E-state index contributed by atoms with van der Waals surface area (Å²) in [5.74, 6) is -0.744. The number of rotatable bonds is 1. The minimum absolute atomic E-state index is 0.0542. The molecule has 6 aliphatic rings. The van der Waals surface area contributed by atoms with E-state index in [-0.39, 0.29) is 35.7 Å². The molecule has 5 heterocycles. The zero-order valence-electron chi connectivity index (χ0n) is 16.5. The fourth-order valence-electron chi connectivity index (χ4n) is 6.19. The second kappa shape index (κ2) is 6.15. The maximum atomic E-state index is 11.8. The van der Waals surface area contributed by atoms with Crippen molar-refractivity contribution in [2.75, 3.05) is 12.3 Å². The molecule has 5 fully saturated rings. The van der Waals surface area contributed by atoms with Gasteiger partial charge in [0.2, 0.25) is 5.79 Å². The molecule has 0 aromatic heterocycles. The minimum atomic E-state index is -3.14. The van der Waals surface area contributed by atoms with Crippen LogP contribution in [0.5, 0.6) is 0 Å². The number of ether oxygens (including phenoxy) is 2. The van der Waals surface area contributed by atoms with Crippen LogP contribution in [0.4, 0.5) is 0 Å². The summed E-state index contributed by atoms with van der Waals surface area (Å²) in [6, 6.07) is 0. The highest BCUT2D eigenvalue weighted by Crippen LogP contribution is 2.60. The first-order valence-corrected chi connectivity index (χ1v) is 11.9. The zero-order chi connectivity index (χ0) is 19.9. The van der Waals surface area contributed by atoms with Gasteiger partial charge >= 0.3 is 0 Å². The van der Waals surface area contributed by atoms with Crippen molar-refractivity contribution >= 4 is 9.84 Å². The average molecular weight is 416 g/mol. The van der Waals surface area contributed by atoms with E-state index >= 15 is 0 Å². The van der Waals surface area contributed by atoms with E-state index in [0.717, 1.165) is 12.8 Å². The SMILES string of the molecule is C[C@@H]1CCC2[C@@H](C)[C@H](N3C=CS(=O)(=O)CC3)OC3O[C@@]4(C)C[C@H](O)C1[C@]32OO4. The van der Waals surface area contributed by atoms with Crippen LogP contribution in [-0.4, -0.2) is 60.7 Å². The third kappa shape index (κ3) is 2.63. The van der Waals surface area contributed by atoms with Gasteiger partial charge in [0.15, 0.2) is 21.7 Å². The molecule has 4 saturated heterocycles. The second-order valence-corrected chi connectivity index (χ2v) is 11.3. The van der Waals surface area contributed by atoms with Gasteiger partial charge in [-0.05, 0) is 25.7 Å². The van der Waals surface area contributed by atoms with Crippen molar-refractivity contribution in [2.24, 2.45) is 23.7 Å². The third-order valence-corrected chi connectivity index (χ3v) is 8.78. The Morgan fingerprint density at radius 1 is 1.21 bits per heavy atom. The highest BCUT2D eigenvalue weighted by Gasteiger charge is 2.71. The maximum absolute atomic E-state index is 11.8. The van der Waals surface area contributed by atoms with Crippen LogP contribution < -0.4 is 0 Å². The number of aliphatic hydroxyl groups excluding tert-OH is 1. The Labute approximate surface area is 165 Å². The van der Waals surface area contributed by atoms with Gasteiger partial charge in [-0.1, -0.05) is 13.8 Å². The van der Waals surface area contributed by atoms with Gasteiger partial charge in [0.25, 0.3) is 0 Å². The molecule has 0 amide bonds. The lowest BCUT2D eigenvalue weighted by atomic mass is 9.57. The van der Waals surface area contributed by atoms with Crippen molar-refractivity contribution in [2.45, 2.75) is 70.0 Å². The summed E-state index contributed by atoms with van der Waals surface area (Å²) < 4.78 is 36.3. The zero-order valence-corrected chi connectivity index (χ0v) is 17.3. The van der Waals surface area contributed by atoms with Crippen LogP contribution >= 0.6 is 0 Å². The molecule has 6 rings (SSSR count). The van der Waals surface area contributed by atoms with Crippen molar-refractivity contribution in [1.82, 2.24) is 4.90 Å². The molecular formula is C19H29NO7S. The molecule has 1 saturated carbocycles. The van der Waals surface area contributed by atoms with Crippen LogP contribution in [-0.2, 0) is 29.1 Å². The van der Waals surface area contributed by atoms with Crippen molar-refractivity contribution in [3.63, 3.8) is 0 Å². The number of hydrogen-bond donors (Lipinski definition) is 1. The minimum Gasteiger partial charge on any atom is -0.392 e. The van der Waals surface area contributed by atoms with Gasteiger partial charge < -0.3 is 19.5 Å². The normalized spacial score (nSPS) is 54.9. The van der Waals surface area contributed by atoms with E-state index in [9.17, 15) is 13.5 Å². The van der Waals surface area contributed by atoms with Gasteiger partial charge in [-0.25, -0.2) is 18.2 Å². The molecule has 1 spiro atoms. The van der Waals surface area contributed by atoms with Crippen LogP contribution in [0, 0.1) is 23.7 Å². The van der Waals surface area contributed by atoms with Crippen molar-refractivity contribution in [3.8, 4) is 0 Å². The average Bonchev–Trinajstić information content (AvgIpc) is 2.79. The molecule has 8 nitrogen and oxygen atoms in total. The summed E-state index contributed by atoms with van der Waals surface area (Å²) in [6.07, 6.45) is 2.27. The van der Waals surface area contributed by atoms with E-state index < -0.39 is 33.6 Å². The lowest BCUT2D eigenvalue weighted by Crippen LogP contribution is -2.72. The molecule has 1 N–H and O–H groups in total. The Morgan fingerprint density at radius 2 is 2.00 bits per heavy atom. The summed E-state index contributed by atoms with van der Waals surface area (Å²) in [4.78, 5) is 13.7. The smallest absolute Gasteiger partial charge is 0.204 e. The topological polar surface area (TPSA) is 94.5 Å². The summed E-state index contributed by atoms with van der Waals surface area (Å²) in [5.41, 5.74) is -0.853. The summed E-state index contributed by atoms with van der Waals surface area (Å²) in [7, 11) is -3.14. The monoisotopic (exact) mass is 415 g/mol. The summed E-state index contributed by atoms with van der Waals surface area (Å²) in [6.45, 7) is 6.41. The lowest BCUT2D eigenvalue weighted by molar-refractivity contribution is -0.573. The number of aliphatic hydroxyl groups is 1. The van der Waals surface area contributed by atoms with E-state index in [0.29, 0.717) is 13.0 Å². The van der Waals surface area contributed by atoms with Crippen molar-refractivity contribution in [3.05, 3.63) is 11.6 Å². The van der Waals surface area contributed by atoms with E-state index in [1.807, 2.05) is 4.90 Å². The first-order valence-electron chi connectivity index (χ1n) is 10.2. The summed E-state index contributed by atoms with van der Waals surface area (Å²) in [5, 5.41) is 12.3. The first-order chi connectivity index (χ1) is 13.2. The standard InChI is InChI=1S/C19H29NO7S/c1-11-4-5-13-12(2)16(20-6-8-28(22,23)9-7-20)24-17-19(13)15(11)14(21)10-18(3,25-17)26-27-19/h6,8,11-17,21H,4-5,7,9-10H2,1-3H3/t11-,12-,13?,14+,15?,16-,17?,18-,19+/m1/s1. The van der Waals surface area contributed by atoms with Crippen LogP contribution in [0.2, 0.25) is 0 Å². The van der Waals surface area contributed by atoms with Crippen LogP contribution in [0.3, 0.4) is 0 Å². The molecule has 9 atom stereocenters. The third-order valence-electron chi connectivity index (χ3n) is 7.50. The van der Waals surface area contributed by atoms with Gasteiger partial charge in [0, 0.05) is 42.3 Å². The van der Waals surface area contributed by atoms with Crippen molar-refractivity contribution < 1.29 is 32.8 Å². The number of hydrogen-bond acceptors (Lipinski definition) is 8. The summed E-state index contributed by atoms with van der Waals surface area (Å²) >= 11 is 0. The Morgan fingerprint density at radius 3 is 2.71 bits per heavy atom. The van der Waals surface area contributed by atoms with Crippen LogP contribution in [0.15, 0.2) is 11.6 Å². The van der Waals surface area contributed by atoms with Gasteiger partial charge in [0.1, 0.15) is 6.23 Å².